The fraction of sp³-hybridized carbons (Fsp3) is 0.538. The molecule has 1 aromatic heterocycles. The number of alkyl halides is 3. The van der Waals surface area contributed by atoms with Crippen LogP contribution in [0.25, 0.3) is 0 Å². The van der Waals surface area contributed by atoms with Gasteiger partial charge in [-0.15, -0.1) is 0 Å². The number of nitro groups is 1. The quantitative estimate of drug-likeness (QED) is 0.342. The van der Waals surface area contributed by atoms with Crippen molar-refractivity contribution in [3.8, 4) is 5.88 Å². The van der Waals surface area contributed by atoms with Crippen LogP contribution in [-0.4, -0.2) is 59.8 Å². The number of aromatic nitrogens is 1. The van der Waals surface area contributed by atoms with Gasteiger partial charge in [0.25, 0.3) is 5.69 Å². The summed E-state index contributed by atoms with van der Waals surface area (Å²) in [5.41, 5.74) is -0.713. The largest absolute Gasteiger partial charge is 0.474 e. The minimum absolute atomic E-state index is 0.0442. The summed E-state index contributed by atoms with van der Waals surface area (Å²) in [7, 11) is 0. The van der Waals surface area contributed by atoms with Crippen LogP contribution in [0.5, 0.6) is 5.88 Å². The molecule has 0 atom stereocenters. The molecule has 2 aliphatic rings. The normalized spacial score (nSPS) is 20.2. The van der Waals surface area contributed by atoms with Crippen molar-refractivity contribution in [3.63, 3.8) is 0 Å². The third-order valence-electron chi connectivity index (χ3n) is 7.06. The summed E-state index contributed by atoms with van der Waals surface area (Å²) in [6.45, 7) is 4.62. The van der Waals surface area contributed by atoms with Crippen molar-refractivity contribution in [2.75, 3.05) is 37.7 Å². The van der Waals surface area contributed by atoms with Crippen LogP contribution >= 0.6 is 0 Å². The average molecular weight is 537 g/mol. The van der Waals surface area contributed by atoms with Crippen molar-refractivity contribution >= 4 is 17.5 Å². The summed E-state index contributed by atoms with van der Waals surface area (Å²) in [5.74, 6) is 0.691. The number of piperazine rings is 1. The third-order valence-corrected chi connectivity index (χ3v) is 7.06. The van der Waals surface area contributed by atoms with Gasteiger partial charge in [0.2, 0.25) is 5.88 Å². The van der Waals surface area contributed by atoms with Crippen LogP contribution in [0.2, 0.25) is 0 Å². The first-order valence-electron chi connectivity index (χ1n) is 12.8. The van der Waals surface area contributed by atoms with Gasteiger partial charge in [-0.1, -0.05) is 6.07 Å². The Morgan fingerprint density at radius 3 is 2.45 bits per heavy atom. The zero-order valence-electron chi connectivity index (χ0n) is 21.2. The summed E-state index contributed by atoms with van der Waals surface area (Å²) in [6.07, 6.45) is 0.0481. The van der Waals surface area contributed by atoms with Crippen LogP contribution in [0.1, 0.15) is 43.7 Å². The molecule has 9 nitrogen and oxygen atoms in total. The molecule has 1 aliphatic heterocycles. The predicted octanol–water partition coefficient (Wildman–Crippen LogP) is 5.47. The highest BCUT2D eigenvalue weighted by Gasteiger charge is 2.38. The van der Waals surface area contributed by atoms with Crippen LogP contribution in [-0.2, 0) is 17.3 Å². The van der Waals surface area contributed by atoms with Gasteiger partial charge in [-0.2, -0.15) is 13.2 Å². The minimum Gasteiger partial charge on any atom is -0.474 e. The molecular weight excluding hydrogens is 505 g/mol. The molecule has 0 bridgehead atoms. The fourth-order valence-corrected chi connectivity index (χ4v) is 5.08. The number of nitro benzene ring substituents is 1. The van der Waals surface area contributed by atoms with E-state index in [1.165, 1.54) is 6.07 Å². The number of rotatable bonds is 7. The Morgan fingerprint density at radius 2 is 1.82 bits per heavy atom. The van der Waals surface area contributed by atoms with Gasteiger partial charge < -0.3 is 19.3 Å². The molecular formula is C26H31F3N4O5. The SMILES string of the molecule is CCOC(=O)N1CCN(c2ccnc(OC3CCC(Cc4ccc([N+](=O)[O-])c(C(F)(F)F)c4)CC3)c2)CC1. The standard InChI is InChI=1S/C26H31F3N4O5/c1-2-37-25(34)32-13-11-31(12-14-32)20-9-10-30-24(17-20)38-21-6-3-18(4-7-21)15-19-5-8-23(33(35)36)22(16-19)26(27,28)29/h5,8-10,16-18,21H,2-4,6-7,11-15H2,1H3. The zero-order valence-corrected chi connectivity index (χ0v) is 21.2. The number of anilines is 1. The lowest BCUT2D eigenvalue weighted by Gasteiger charge is -2.35. The Hall–Kier alpha value is -3.57. The van der Waals surface area contributed by atoms with Gasteiger partial charge in [0.1, 0.15) is 11.7 Å². The molecule has 1 saturated carbocycles. The van der Waals surface area contributed by atoms with Crippen LogP contribution < -0.4 is 9.64 Å². The number of carbonyl (C=O) groups is 1. The molecule has 0 N–H and O–H groups in total. The molecule has 2 heterocycles. The molecule has 1 amide bonds. The van der Waals surface area contributed by atoms with Crippen LogP contribution in [0.4, 0.5) is 29.3 Å². The first kappa shape index (κ1) is 27.5. The Kier molecular flexibility index (Phi) is 8.58. The molecule has 2 fully saturated rings. The topological polar surface area (TPSA) is 98.0 Å². The lowest BCUT2D eigenvalue weighted by Crippen LogP contribution is -2.49. The van der Waals surface area contributed by atoms with E-state index in [4.69, 9.17) is 9.47 Å². The van der Waals surface area contributed by atoms with E-state index in [9.17, 15) is 28.1 Å². The summed E-state index contributed by atoms with van der Waals surface area (Å²) in [5, 5.41) is 11.0. The highest BCUT2D eigenvalue weighted by molar-refractivity contribution is 5.68. The molecule has 38 heavy (non-hydrogen) atoms. The number of hydrogen-bond acceptors (Lipinski definition) is 7. The first-order valence-corrected chi connectivity index (χ1v) is 12.8. The van der Waals surface area contributed by atoms with E-state index in [1.807, 2.05) is 12.1 Å². The zero-order chi connectivity index (χ0) is 27.3. The van der Waals surface area contributed by atoms with Gasteiger partial charge in [-0.05, 0) is 62.6 Å². The number of ether oxygens (including phenoxy) is 2. The highest BCUT2D eigenvalue weighted by atomic mass is 19.4. The number of nitrogens with zero attached hydrogens (tertiary/aromatic N) is 4. The molecule has 1 saturated heterocycles. The second kappa shape index (κ2) is 11.9. The number of hydrogen-bond donors (Lipinski definition) is 0. The molecule has 1 aromatic carbocycles. The fourth-order valence-electron chi connectivity index (χ4n) is 5.08. The monoisotopic (exact) mass is 536 g/mol. The maximum absolute atomic E-state index is 13.3. The maximum Gasteiger partial charge on any atom is 0.423 e. The summed E-state index contributed by atoms with van der Waals surface area (Å²) >= 11 is 0. The lowest BCUT2D eigenvalue weighted by molar-refractivity contribution is -0.388. The van der Waals surface area contributed by atoms with Crippen LogP contribution in [0, 0.1) is 16.0 Å². The number of amides is 1. The van der Waals surface area contributed by atoms with Gasteiger partial charge in [-0.3, -0.25) is 10.1 Å². The summed E-state index contributed by atoms with van der Waals surface area (Å²) in [4.78, 5) is 30.1. The lowest BCUT2D eigenvalue weighted by atomic mass is 9.83. The Labute approximate surface area is 218 Å². The molecule has 0 unspecified atom stereocenters. The molecule has 0 spiro atoms. The smallest absolute Gasteiger partial charge is 0.423 e. The second-order valence-electron chi connectivity index (χ2n) is 9.60. The van der Waals surface area contributed by atoms with E-state index in [0.29, 0.717) is 50.7 Å². The predicted molar refractivity (Wildman–Crippen MR) is 133 cm³/mol. The average Bonchev–Trinajstić information content (AvgIpc) is 2.89. The van der Waals surface area contributed by atoms with Crippen molar-refractivity contribution in [2.24, 2.45) is 5.92 Å². The number of pyridine rings is 1. The van der Waals surface area contributed by atoms with Crippen molar-refractivity contribution in [1.29, 1.82) is 0 Å². The van der Waals surface area contributed by atoms with Gasteiger partial charge >= 0.3 is 12.3 Å². The van der Waals surface area contributed by atoms with Crippen molar-refractivity contribution < 1.29 is 32.4 Å². The first-order chi connectivity index (χ1) is 18.1. The number of carbonyl (C=O) groups excluding carboxylic acids is 1. The highest BCUT2D eigenvalue weighted by Crippen LogP contribution is 2.38. The molecule has 0 radical (unpaired) electrons. The van der Waals surface area contributed by atoms with Crippen LogP contribution in [0.3, 0.4) is 0 Å². The maximum atomic E-state index is 13.3. The number of benzene rings is 1. The van der Waals surface area contributed by atoms with E-state index in [-0.39, 0.29) is 18.1 Å². The van der Waals surface area contributed by atoms with E-state index in [0.717, 1.165) is 43.5 Å². The van der Waals surface area contributed by atoms with Gasteiger partial charge in [0.05, 0.1) is 11.5 Å². The summed E-state index contributed by atoms with van der Waals surface area (Å²) in [6, 6.07) is 7.06. The van der Waals surface area contributed by atoms with E-state index in [1.54, 1.807) is 18.0 Å². The van der Waals surface area contributed by atoms with Crippen molar-refractivity contribution in [2.45, 2.75) is 51.3 Å². The van der Waals surface area contributed by atoms with Crippen molar-refractivity contribution in [3.05, 3.63) is 57.8 Å². The molecule has 12 heteroatoms. The third kappa shape index (κ3) is 6.84. The van der Waals surface area contributed by atoms with E-state index < -0.39 is 22.4 Å². The van der Waals surface area contributed by atoms with Gasteiger partial charge in [0.15, 0.2) is 0 Å². The van der Waals surface area contributed by atoms with Crippen molar-refractivity contribution in [1.82, 2.24) is 9.88 Å². The Bertz CT molecular complexity index is 1130. The second-order valence-corrected chi connectivity index (χ2v) is 9.60. The molecule has 4 rings (SSSR count). The Balaban J connectivity index is 1.29. The van der Waals surface area contributed by atoms with E-state index in [2.05, 4.69) is 9.88 Å². The molecule has 206 valence electrons. The van der Waals surface area contributed by atoms with Crippen LogP contribution in [0.15, 0.2) is 36.5 Å². The summed E-state index contributed by atoms with van der Waals surface area (Å²) < 4.78 is 51.1. The minimum atomic E-state index is -4.78. The molecule has 2 aromatic rings. The van der Waals surface area contributed by atoms with Gasteiger partial charge in [0, 0.05) is 50.2 Å². The van der Waals surface area contributed by atoms with Gasteiger partial charge in [-0.25, -0.2) is 9.78 Å². The Morgan fingerprint density at radius 1 is 1.11 bits per heavy atom. The molecule has 1 aliphatic carbocycles. The number of halogens is 3. The van der Waals surface area contributed by atoms with E-state index >= 15 is 0 Å².